The molecule has 2 saturated heterocycles. The molecule has 2 aromatic heterocycles. The smallest absolute Gasteiger partial charge is 0.302 e. The number of piperazine rings is 1. The van der Waals surface area contributed by atoms with Crippen LogP contribution >= 0.6 is 0 Å². The van der Waals surface area contributed by atoms with Crippen molar-refractivity contribution in [1.82, 2.24) is 29.1 Å². The summed E-state index contributed by atoms with van der Waals surface area (Å²) in [5, 5.41) is 0. The van der Waals surface area contributed by atoms with Crippen molar-refractivity contribution in [3.63, 3.8) is 0 Å². The highest BCUT2D eigenvalue weighted by Crippen LogP contribution is 2.37. The maximum absolute atomic E-state index is 12.9. The van der Waals surface area contributed by atoms with Gasteiger partial charge in [-0.1, -0.05) is 48.5 Å². The number of piperidine rings is 1. The second-order valence-corrected chi connectivity index (χ2v) is 11.5. The third-order valence-corrected chi connectivity index (χ3v) is 8.41. The molecule has 2 fully saturated rings. The molecule has 2 aliphatic rings. The first-order valence-electron chi connectivity index (χ1n) is 14.7. The highest BCUT2D eigenvalue weighted by atomic mass is 16.5. The normalized spacial score (nSPS) is 18.2. The number of likely N-dealkylation sites (tertiary alicyclic amines) is 1. The molecule has 2 aromatic carbocycles. The maximum atomic E-state index is 12.9. The summed E-state index contributed by atoms with van der Waals surface area (Å²) in [7, 11) is 4.25. The summed E-state index contributed by atoms with van der Waals surface area (Å²) in [6.45, 7) is 13.5. The SMILES string of the molecule is [C-]#[N+]c1ccc(-c2nc(OC[C@@H]3CCCN(C)C3)n3ccnc3c2-c2ccc(CC(=O)N3CCN(C)CC3)cc2)cc1. The van der Waals surface area contributed by atoms with Crippen molar-refractivity contribution in [2.24, 2.45) is 5.92 Å². The first-order valence-corrected chi connectivity index (χ1v) is 14.7. The van der Waals surface area contributed by atoms with E-state index in [2.05, 4.69) is 28.7 Å². The summed E-state index contributed by atoms with van der Waals surface area (Å²) in [5.74, 6) is 0.616. The van der Waals surface area contributed by atoms with E-state index in [0.717, 1.165) is 79.3 Å². The molecule has 1 atom stereocenters. The molecule has 0 unspecified atom stereocenters. The van der Waals surface area contributed by atoms with Gasteiger partial charge in [-0.05, 0) is 50.2 Å². The van der Waals surface area contributed by atoms with Crippen LogP contribution in [0.25, 0.3) is 32.9 Å². The van der Waals surface area contributed by atoms with Crippen LogP contribution in [0.15, 0.2) is 60.9 Å². The van der Waals surface area contributed by atoms with Gasteiger partial charge in [0.15, 0.2) is 11.3 Å². The van der Waals surface area contributed by atoms with Crippen LogP contribution in [0, 0.1) is 12.5 Å². The Kier molecular flexibility index (Phi) is 8.17. The average molecular weight is 564 g/mol. The van der Waals surface area contributed by atoms with Gasteiger partial charge in [-0.3, -0.25) is 9.20 Å². The van der Waals surface area contributed by atoms with Crippen molar-refractivity contribution in [3.8, 4) is 28.4 Å². The first-order chi connectivity index (χ1) is 20.5. The number of amides is 1. The van der Waals surface area contributed by atoms with E-state index >= 15 is 0 Å². The van der Waals surface area contributed by atoms with Crippen LogP contribution < -0.4 is 4.74 Å². The Morgan fingerprint density at radius 2 is 1.71 bits per heavy atom. The van der Waals surface area contributed by atoms with Crippen LogP contribution in [0.3, 0.4) is 0 Å². The van der Waals surface area contributed by atoms with Crippen molar-refractivity contribution in [3.05, 3.63) is 77.9 Å². The van der Waals surface area contributed by atoms with E-state index < -0.39 is 0 Å². The van der Waals surface area contributed by atoms with Gasteiger partial charge < -0.3 is 19.4 Å². The fourth-order valence-electron chi connectivity index (χ4n) is 5.96. The molecule has 9 nitrogen and oxygen atoms in total. The Hall–Kier alpha value is -4.26. The van der Waals surface area contributed by atoms with E-state index in [9.17, 15) is 4.79 Å². The first kappa shape index (κ1) is 27.9. The summed E-state index contributed by atoms with van der Waals surface area (Å²) in [4.78, 5) is 32.9. The van der Waals surface area contributed by atoms with E-state index in [1.807, 2.05) is 64.0 Å². The predicted octanol–water partition coefficient (Wildman–Crippen LogP) is 4.65. The summed E-state index contributed by atoms with van der Waals surface area (Å²) in [6, 6.07) is 16.2. The lowest BCUT2D eigenvalue weighted by atomic mass is 9.98. The molecule has 216 valence electrons. The molecule has 4 aromatic rings. The van der Waals surface area contributed by atoms with Gasteiger partial charge in [0.05, 0.1) is 30.9 Å². The Balaban J connectivity index is 1.33. The molecule has 2 aliphatic heterocycles. The fraction of sp³-hybridized carbons (Fsp3) is 0.394. The van der Waals surface area contributed by atoms with Gasteiger partial charge in [0, 0.05) is 51.0 Å². The Morgan fingerprint density at radius 1 is 0.976 bits per heavy atom. The zero-order valence-electron chi connectivity index (χ0n) is 24.4. The number of benzene rings is 2. The van der Waals surface area contributed by atoms with Crippen molar-refractivity contribution in [1.29, 1.82) is 0 Å². The summed E-state index contributed by atoms with van der Waals surface area (Å²) in [6.07, 6.45) is 6.37. The summed E-state index contributed by atoms with van der Waals surface area (Å²) >= 11 is 0. The zero-order chi connectivity index (χ0) is 29.1. The van der Waals surface area contributed by atoms with Gasteiger partial charge >= 0.3 is 6.01 Å². The molecule has 42 heavy (non-hydrogen) atoms. The van der Waals surface area contributed by atoms with Gasteiger partial charge in [0.1, 0.15) is 0 Å². The topological polar surface area (TPSA) is 70.6 Å². The lowest BCUT2D eigenvalue weighted by Crippen LogP contribution is -2.47. The third kappa shape index (κ3) is 6.01. The van der Waals surface area contributed by atoms with Gasteiger partial charge in [-0.15, -0.1) is 0 Å². The van der Waals surface area contributed by atoms with Crippen molar-refractivity contribution in [2.45, 2.75) is 19.3 Å². The number of hydrogen-bond acceptors (Lipinski definition) is 6. The van der Waals surface area contributed by atoms with Gasteiger partial charge in [-0.25, -0.2) is 9.83 Å². The zero-order valence-corrected chi connectivity index (χ0v) is 24.4. The second-order valence-electron chi connectivity index (χ2n) is 11.5. The largest absolute Gasteiger partial charge is 0.464 e. The Morgan fingerprint density at radius 3 is 2.43 bits per heavy atom. The molecule has 0 radical (unpaired) electrons. The molecule has 0 N–H and O–H groups in total. The Bertz CT molecular complexity index is 1580. The summed E-state index contributed by atoms with van der Waals surface area (Å²) in [5.41, 5.74) is 5.80. The quantitative estimate of drug-likeness (QED) is 0.305. The predicted molar refractivity (Wildman–Crippen MR) is 164 cm³/mol. The van der Waals surface area contributed by atoms with Crippen LogP contribution in [0.5, 0.6) is 6.01 Å². The minimum absolute atomic E-state index is 0.166. The molecule has 0 saturated carbocycles. The van der Waals surface area contributed by atoms with E-state index in [0.29, 0.717) is 30.6 Å². The summed E-state index contributed by atoms with van der Waals surface area (Å²) < 4.78 is 8.30. The van der Waals surface area contributed by atoms with Crippen LogP contribution in [-0.4, -0.2) is 94.9 Å². The molecular formula is C33H37N7O2. The van der Waals surface area contributed by atoms with Crippen molar-refractivity contribution in [2.75, 3.05) is 60.0 Å². The number of likely N-dealkylation sites (N-methyl/N-ethyl adjacent to an activating group) is 1. The molecular weight excluding hydrogens is 526 g/mol. The molecule has 0 bridgehead atoms. The van der Waals surface area contributed by atoms with E-state index in [1.165, 1.54) is 6.42 Å². The van der Waals surface area contributed by atoms with Crippen molar-refractivity contribution >= 4 is 17.2 Å². The number of rotatable bonds is 7. The Labute approximate surface area is 247 Å². The number of fused-ring (bicyclic) bond motifs is 1. The molecule has 1 amide bonds. The number of carbonyl (C=O) groups is 1. The van der Waals surface area contributed by atoms with E-state index in [-0.39, 0.29) is 5.91 Å². The minimum Gasteiger partial charge on any atom is -0.464 e. The monoisotopic (exact) mass is 563 g/mol. The molecule has 0 aliphatic carbocycles. The highest BCUT2D eigenvalue weighted by Gasteiger charge is 2.23. The third-order valence-electron chi connectivity index (χ3n) is 8.41. The molecule has 0 spiro atoms. The second kappa shape index (κ2) is 12.3. The van der Waals surface area contributed by atoms with Crippen LogP contribution in [0.4, 0.5) is 5.69 Å². The van der Waals surface area contributed by atoms with Crippen LogP contribution in [0.1, 0.15) is 18.4 Å². The average Bonchev–Trinajstić information content (AvgIpc) is 3.51. The standard InChI is InChI=1S/C33H37N7O2/c1-34-28-12-10-27(11-13-28)31-30(26-8-6-24(7-9-26)21-29(41)39-19-17-37(2)18-20-39)32-35-14-16-40(32)33(36-31)42-23-25-5-4-15-38(3)22-25/h6-14,16,25H,4-5,15,17-23H2,2-3H3/t25-/m1/s1. The van der Waals surface area contributed by atoms with Gasteiger partial charge in [0.25, 0.3) is 0 Å². The highest BCUT2D eigenvalue weighted by molar-refractivity contribution is 5.90. The van der Waals surface area contributed by atoms with E-state index in [4.69, 9.17) is 21.3 Å². The number of nitrogens with zero attached hydrogens (tertiary/aromatic N) is 7. The van der Waals surface area contributed by atoms with Crippen molar-refractivity contribution < 1.29 is 9.53 Å². The fourth-order valence-corrected chi connectivity index (χ4v) is 5.96. The molecule has 6 rings (SSSR count). The van der Waals surface area contributed by atoms with Crippen LogP contribution in [-0.2, 0) is 11.2 Å². The lowest BCUT2D eigenvalue weighted by Gasteiger charge is -2.32. The lowest BCUT2D eigenvalue weighted by molar-refractivity contribution is -0.132. The maximum Gasteiger partial charge on any atom is 0.302 e. The number of aromatic nitrogens is 3. The van der Waals surface area contributed by atoms with Crippen LogP contribution in [0.2, 0.25) is 0 Å². The van der Waals surface area contributed by atoms with Gasteiger partial charge in [-0.2, -0.15) is 4.98 Å². The molecule has 9 heteroatoms. The van der Waals surface area contributed by atoms with E-state index in [1.54, 1.807) is 6.20 Å². The number of imidazole rings is 1. The number of hydrogen-bond donors (Lipinski definition) is 0. The number of ether oxygens (including phenoxy) is 1. The minimum atomic E-state index is 0.166. The number of carbonyl (C=O) groups excluding carboxylic acids is 1. The molecule has 4 heterocycles. The van der Waals surface area contributed by atoms with Gasteiger partial charge in [0.2, 0.25) is 5.91 Å².